The van der Waals surface area contributed by atoms with Crippen LogP contribution in [0.1, 0.15) is 22.6 Å². The molecule has 4 bridgehead atoms. The molecule has 0 radical (unpaired) electrons. The molecule has 0 spiro atoms. The lowest BCUT2D eigenvalue weighted by Crippen LogP contribution is -3.00. The number of hydrogen-bond donors (Lipinski definition) is 1. The number of likely N-dealkylation sites (N-methyl/N-ethyl adjacent to an activating group) is 1. The summed E-state index contributed by atoms with van der Waals surface area (Å²) in [5.41, 5.74) is -1.75. The molecule has 4 aliphatic heterocycles. The first-order valence-corrected chi connectivity index (χ1v) is 10.7. The highest BCUT2D eigenvalue weighted by Gasteiger charge is 2.68. The molecule has 0 amide bonds. The molecule has 4 aliphatic rings. The minimum absolute atomic E-state index is 0. The van der Waals surface area contributed by atoms with Crippen LogP contribution in [-0.2, 0) is 19.9 Å². The van der Waals surface area contributed by atoms with Crippen molar-refractivity contribution in [1.82, 2.24) is 0 Å². The van der Waals surface area contributed by atoms with Crippen molar-refractivity contribution in [2.24, 2.45) is 0 Å². The second-order valence-corrected chi connectivity index (χ2v) is 9.89. The Balaban J connectivity index is 0.00000180. The molecule has 0 aliphatic carbocycles. The third kappa shape index (κ3) is 2.68. The highest BCUT2D eigenvalue weighted by atomic mass is 79.9. The molecule has 0 saturated carbocycles. The summed E-state index contributed by atoms with van der Waals surface area (Å²) < 4.78 is 13.0. The smallest absolute Gasteiger partial charge is 0.350 e. The molecule has 6 heterocycles. The Hall–Kier alpha value is -0.770. The highest BCUT2D eigenvalue weighted by Crippen LogP contribution is 2.50. The zero-order valence-corrected chi connectivity index (χ0v) is 18.3. The minimum Gasteiger partial charge on any atom is -1.00 e. The quantitative estimate of drug-likeness (QED) is 0.475. The van der Waals surface area contributed by atoms with Crippen LogP contribution in [0.3, 0.4) is 0 Å². The number of rotatable bonds is 4. The zero-order chi connectivity index (χ0) is 18.1. The molecular formula is C19H22BrNO4S2. The molecule has 146 valence electrons. The Kier molecular flexibility index (Phi) is 4.81. The van der Waals surface area contributed by atoms with Crippen molar-refractivity contribution >= 4 is 28.6 Å². The van der Waals surface area contributed by atoms with Gasteiger partial charge in [0, 0.05) is 12.8 Å². The molecule has 2 aromatic rings. The maximum atomic E-state index is 13.3. The van der Waals surface area contributed by atoms with Crippen molar-refractivity contribution in [3.8, 4) is 0 Å². The van der Waals surface area contributed by atoms with Crippen molar-refractivity contribution in [1.29, 1.82) is 0 Å². The molecule has 4 fully saturated rings. The maximum absolute atomic E-state index is 13.3. The fourth-order valence-corrected chi connectivity index (χ4v) is 6.75. The van der Waals surface area contributed by atoms with Crippen LogP contribution >= 0.6 is 22.7 Å². The lowest BCUT2D eigenvalue weighted by molar-refractivity contribution is -0.930. The molecule has 5 nitrogen and oxygen atoms in total. The summed E-state index contributed by atoms with van der Waals surface area (Å²) in [6.07, 6.45) is 1.88. The standard InChI is InChI=1S/C19H22NO4S2.BrH/c1-20(2)12-9-11-10-13(20)17(16(12)23-11)24-18(21)19(22,14-5-3-7-25-14)15-6-4-8-26-15;/h3-8,11-13,16-17,22H,9-10H2,1-2H3;1H/q+1;/p-1/t11-,12-,13+,16+,17+;/m1./s1. The summed E-state index contributed by atoms with van der Waals surface area (Å²) in [4.78, 5) is 14.4. The van der Waals surface area contributed by atoms with Gasteiger partial charge in [0.1, 0.15) is 12.1 Å². The van der Waals surface area contributed by atoms with Crippen LogP contribution in [0.5, 0.6) is 0 Å². The lowest BCUT2D eigenvalue weighted by atomic mass is 9.97. The molecule has 0 aromatic carbocycles. The number of quaternary nitrogens is 1. The average Bonchev–Trinajstić information content (AvgIpc) is 3.38. The van der Waals surface area contributed by atoms with Gasteiger partial charge in [-0.25, -0.2) is 4.79 Å². The van der Waals surface area contributed by atoms with Crippen LogP contribution in [0.15, 0.2) is 35.0 Å². The predicted octanol–water partition coefficient (Wildman–Crippen LogP) is -0.650. The molecule has 0 unspecified atom stereocenters. The summed E-state index contributed by atoms with van der Waals surface area (Å²) in [7, 11) is 4.40. The number of aliphatic hydroxyl groups is 1. The average molecular weight is 472 g/mol. The van der Waals surface area contributed by atoms with Gasteiger partial charge in [-0.05, 0) is 22.9 Å². The second-order valence-electron chi connectivity index (χ2n) is 7.99. The first kappa shape index (κ1) is 19.5. The largest absolute Gasteiger partial charge is 1.00 e. The van der Waals surface area contributed by atoms with Gasteiger partial charge in [-0.15, -0.1) is 22.7 Å². The summed E-state index contributed by atoms with van der Waals surface area (Å²) >= 11 is 2.73. The van der Waals surface area contributed by atoms with Gasteiger partial charge in [-0.1, -0.05) is 12.1 Å². The van der Waals surface area contributed by atoms with Gasteiger partial charge >= 0.3 is 5.97 Å². The first-order valence-electron chi connectivity index (χ1n) is 8.92. The van der Waals surface area contributed by atoms with E-state index in [1.165, 1.54) is 22.7 Å². The van der Waals surface area contributed by atoms with E-state index in [2.05, 4.69) is 14.1 Å². The van der Waals surface area contributed by atoms with E-state index < -0.39 is 11.6 Å². The van der Waals surface area contributed by atoms with E-state index >= 15 is 0 Å². The molecule has 8 heteroatoms. The monoisotopic (exact) mass is 471 g/mol. The van der Waals surface area contributed by atoms with Gasteiger partial charge in [-0.2, -0.15) is 0 Å². The van der Waals surface area contributed by atoms with Crippen LogP contribution < -0.4 is 17.0 Å². The summed E-state index contributed by atoms with van der Waals surface area (Å²) in [6.45, 7) is 0. The Morgan fingerprint density at radius 3 is 2.30 bits per heavy atom. The van der Waals surface area contributed by atoms with Gasteiger partial charge in [0.05, 0.1) is 30.0 Å². The summed E-state index contributed by atoms with van der Waals surface area (Å²) in [5.74, 6) is -0.591. The number of esters is 1. The van der Waals surface area contributed by atoms with Gasteiger partial charge in [-0.3, -0.25) is 0 Å². The van der Waals surface area contributed by atoms with E-state index in [4.69, 9.17) is 9.47 Å². The van der Waals surface area contributed by atoms with E-state index in [1.54, 1.807) is 12.1 Å². The highest BCUT2D eigenvalue weighted by molar-refractivity contribution is 7.12. The van der Waals surface area contributed by atoms with E-state index in [0.717, 1.165) is 17.3 Å². The fourth-order valence-electron chi connectivity index (χ4n) is 5.04. The number of carbonyl (C=O) groups is 1. The van der Waals surface area contributed by atoms with E-state index in [9.17, 15) is 9.90 Å². The first-order chi connectivity index (χ1) is 12.4. The Morgan fingerprint density at radius 2 is 1.78 bits per heavy atom. The number of hydrogen-bond acceptors (Lipinski definition) is 6. The van der Waals surface area contributed by atoms with Crippen LogP contribution in [0.2, 0.25) is 0 Å². The van der Waals surface area contributed by atoms with Crippen molar-refractivity contribution in [3.05, 3.63) is 44.8 Å². The molecule has 4 saturated heterocycles. The summed E-state index contributed by atoms with van der Waals surface area (Å²) in [5, 5.41) is 15.2. The number of halogens is 1. The summed E-state index contributed by atoms with van der Waals surface area (Å²) in [6, 6.07) is 7.86. The number of nitrogens with zero attached hydrogens (tertiary/aromatic N) is 1. The van der Waals surface area contributed by atoms with E-state index in [-0.39, 0.29) is 35.2 Å². The van der Waals surface area contributed by atoms with Crippen molar-refractivity contribution < 1.29 is 40.8 Å². The van der Waals surface area contributed by atoms with Gasteiger partial charge in [0.15, 0.2) is 12.2 Å². The Bertz CT molecular complexity index is 789. The van der Waals surface area contributed by atoms with Gasteiger partial charge in [0.25, 0.3) is 0 Å². The molecule has 6 rings (SSSR count). The Labute approximate surface area is 176 Å². The molecule has 5 atom stereocenters. The van der Waals surface area contributed by atoms with Crippen LogP contribution in [0.4, 0.5) is 0 Å². The third-order valence-electron chi connectivity index (χ3n) is 6.44. The van der Waals surface area contributed by atoms with E-state index in [0.29, 0.717) is 21.9 Å². The van der Waals surface area contributed by atoms with Crippen LogP contribution in [0.25, 0.3) is 0 Å². The van der Waals surface area contributed by atoms with Gasteiger partial charge in [0.2, 0.25) is 5.60 Å². The minimum atomic E-state index is -1.75. The number of carbonyl (C=O) groups excluding carboxylic acids is 1. The van der Waals surface area contributed by atoms with Crippen molar-refractivity contribution in [3.63, 3.8) is 0 Å². The number of piperidine rings is 1. The van der Waals surface area contributed by atoms with Crippen molar-refractivity contribution in [2.45, 2.75) is 48.8 Å². The molecule has 1 N–H and O–H groups in total. The normalized spacial score (nSPS) is 33.1. The van der Waals surface area contributed by atoms with Crippen LogP contribution in [-0.4, -0.2) is 60.0 Å². The van der Waals surface area contributed by atoms with Crippen LogP contribution in [0, 0.1) is 0 Å². The molecule has 2 aromatic heterocycles. The maximum Gasteiger partial charge on any atom is 0.350 e. The van der Waals surface area contributed by atoms with Crippen molar-refractivity contribution in [2.75, 3.05) is 14.1 Å². The molecule has 27 heavy (non-hydrogen) atoms. The number of ether oxygens (including phenoxy) is 2. The lowest BCUT2D eigenvalue weighted by Gasteiger charge is -2.42. The third-order valence-corrected chi connectivity index (χ3v) is 8.40. The fraction of sp³-hybridized carbons (Fsp3) is 0.526. The van der Waals surface area contributed by atoms with E-state index in [1.807, 2.05) is 22.9 Å². The molecular weight excluding hydrogens is 450 g/mol. The number of thiophene rings is 2. The topological polar surface area (TPSA) is 55.8 Å². The SMILES string of the molecule is C[N+]1(C)[C@@H]2C[C@@H]3C[C@H]1[C@H](OC(=O)C(O)(c1cccs1)c1cccs1)[C@H]2O3.[Br-]. The second kappa shape index (κ2) is 6.64. The predicted molar refractivity (Wildman–Crippen MR) is 99.1 cm³/mol. The van der Waals surface area contributed by atoms with Gasteiger partial charge < -0.3 is 36.0 Å². The zero-order valence-electron chi connectivity index (χ0n) is 15.1. The Morgan fingerprint density at radius 1 is 1.19 bits per heavy atom.